The number of alkyl halides is 3. The Morgan fingerprint density at radius 2 is 2.10 bits per heavy atom. The van der Waals surface area contributed by atoms with E-state index >= 15 is 0 Å². The molecular formula is C15H21F3N2O. The zero-order valence-electron chi connectivity index (χ0n) is 12.3. The van der Waals surface area contributed by atoms with Crippen LogP contribution in [-0.2, 0) is 6.54 Å². The Hall–Kier alpha value is -1.27. The maximum Gasteiger partial charge on any atom is 0.573 e. The number of hydrogen-bond donors (Lipinski definition) is 1. The number of likely N-dealkylation sites (tertiary alicyclic amines) is 1. The third-order valence-corrected chi connectivity index (χ3v) is 3.93. The molecule has 0 aromatic heterocycles. The predicted octanol–water partition coefficient (Wildman–Crippen LogP) is 3.14. The lowest BCUT2D eigenvalue weighted by atomic mass is 9.79. The van der Waals surface area contributed by atoms with Crippen molar-refractivity contribution >= 4 is 0 Å². The zero-order valence-corrected chi connectivity index (χ0v) is 12.3. The van der Waals surface area contributed by atoms with Gasteiger partial charge in [0.15, 0.2) is 0 Å². The molecule has 2 rings (SSSR count). The molecule has 1 unspecified atom stereocenters. The minimum Gasteiger partial charge on any atom is -0.406 e. The van der Waals surface area contributed by atoms with Gasteiger partial charge in [-0.2, -0.15) is 0 Å². The number of ether oxygens (including phenoxy) is 1. The lowest BCUT2D eigenvalue weighted by molar-refractivity contribution is -0.274. The molecule has 1 fully saturated rings. The standard InChI is InChI=1S/C15H21F3N2O/c1-14(2)10-20(7-6-13(14)19)9-11-4-3-5-12(8-11)21-15(16,17)18/h3-5,8,13H,6-7,9-10,19H2,1-2H3. The topological polar surface area (TPSA) is 38.5 Å². The summed E-state index contributed by atoms with van der Waals surface area (Å²) in [6.45, 7) is 6.53. The van der Waals surface area contributed by atoms with Crippen LogP contribution in [0, 0.1) is 5.41 Å². The van der Waals surface area contributed by atoms with Crippen LogP contribution in [0.25, 0.3) is 0 Å². The largest absolute Gasteiger partial charge is 0.573 e. The first-order valence-corrected chi connectivity index (χ1v) is 6.98. The van der Waals surface area contributed by atoms with Gasteiger partial charge in [0.05, 0.1) is 0 Å². The van der Waals surface area contributed by atoms with Crippen molar-refractivity contribution in [2.75, 3.05) is 13.1 Å². The van der Waals surface area contributed by atoms with Crippen molar-refractivity contribution in [3.8, 4) is 5.75 Å². The van der Waals surface area contributed by atoms with Gasteiger partial charge in [0, 0.05) is 25.7 Å². The number of piperidine rings is 1. The molecule has 118 valence electrons. The van der Waals surface area contributed by atoms with Crippen LogP contribution in [0.15, 0.2) is 24.3 Å². The van der Waals surface area contributed by atoms with Crippen molar-refractivity contribution in [1.82, 2.24) is 4.90 Å². The number of hydrogen-bond acceptors (Lipinski definition) is 3. The van der Waals surface area contributed by atoms with Crippen LogP contribution in [0.1, 0.15) is 25.8 Å². The van der Waals surface area contributed by atoms with Gasteiger partial charge in [-0.15, -0.1) is 13.2 Å². The fourth-order valence-electron chi connectivity index (χ4n) is 2.72. The van der Waals surface area contributed by atoms with E-state index in [1.54, 1.807) is 6.07 Å². The van der Waals surface area contributed by atoms with Crippen molar-refractivity contribution < 1.29 is 17.9 Å². The van der Waals surface area contributed by atoms with Crippen LogP contribution in [0.4, 0.5) is 13.2 Å². The zero-order chi connectivity index (χ0) is 15.7. The number of halogens is 3. The number of nitrogens with zero attached hydrogens (tertiary/aromatic N) is 1. The van der Waals surface area contributed by atoms with Crippen molar-refractivity contribution in [1.29, 1.82) is 0 Å². The Morgan fingerprint density at radius 1 is 1.38 bits per heavy atom. The van der Waals surface area contributed by atoms with Crippen LogP contribution in [0.3, 0.4) is 0 Å². The van der Waals surface area contributed by atoms with Gasteiger partial charge in [0.25, 0.3) is 0 Å². The van der Waals surface area contributed by atoms with Crippen LogP contribution in [0.5, 0.6) is 5.75 Å². The Balaban J connectivity index is 2.02. The predicted molar refractivity (Wildman–Crippen MR) is 74.8 cm³/mol. The molecule has 1 aliphatic heterocycles. The second-order valence-electron chi connectivity index (χ2n) is 6.29. The molecule has 3 nitrogen and oxygen atoms in total. The SMILES string of the molecule is CC1(C)CN(Cc2cccc(OC(F)(F)F)c2)CCC1N. The average Bonchev–Trinajstić information content (AvgIpc) is 2.32. The Morgan fingerprint density at radius 3 is 2.71 bits per heavy atom. The molecule has 21 heavy (non-hydrogen) atoms. The summed E-state index contributed by atoms with van der Waals surface area (Å²) in [4.78, 5) is 2.22. The number of nitrogens with two attached hydrogens (primary N) is 1. The number of benzene rings is 1. The van der Waals surface area contributed by atoms with Crippen molar-refractivity contribution in [3.63, 3.8) is 0 Å². The third-order valence-electron chi connectivity index (χ3n) is 3.93. The van der Waals surface area contributed by atoms with Gasteiger partial charge in [0.1, 0.15) is 5.75 Å². The van der Waals surface area contributed by atoms with E-state index in [1.807, 2.05) is 6.07 Å². The summed E-state index contributed by atoms with van der Waals surface area (Å²) in [5.41, 5.74) is 6.91. The summed E-state index contributed by atoms with van der Waals surface area (Å²) < 4.78 is 40.6. The summed E-state index contributed by atoms with van der Waals surface area (Å²) in [5.74, 6) is -0.173. The van der Waals surface area contributed by atoms with Gasteiger partial charge in [0.2, 0.25) is 0 Å². The maximum atomic E-state index is 12.2. The Kier molecular flexibility index (Phi) is 4.49. The van der Waals surface area contributed by atoms with E-state index in [1.165, 1.54) is 12.1 Å². The lowest BCUT2D eigenvalue weighted by Crippen LogP contribution is -2.52. The minimum atomic E-state index is -4.65. The molecule has 2 N–H and O–H groups in total. The molecule has 1 saturated heterocycles. The fourth-order valence-corrected chi connectivity index (χ4v) is 2.72. The highest BCUT2D eigenvalue weighted by Gasteiger charge is 2.33. The molecule has 0 radical (unpaired) electrons. The smallest absolute Gasteiger partial charge is 0.406 e. The van der Waals surface area contributed by atoms with Crippen LogP contribution < -0.4 is 10.5 Å². The minimum absolute atomic E-state index is 0.0122. The lowest BCUT2D eigenvalue weighted by Gasteiger charge is -2.42. The van der Waals surface area contributed by atoms with Gasteiger partial charge in [-0.05, 0) is 29.5 Å². The summed E-state index contributed by atoms with van der Waals surface area (Å²) >= 11 is 0. The van der Waals surface area contributed by atoms with Crippen LogP contribution in [0.2, 0.25) is 0 Å². The molecule has 0 saturated carbocycles. The molecule has 0 spiro atoms. The molecule has 0 aliphatic carbocycles. The quantitative estimate of drug-likeness (QED) is 0.932. The first-order valence-electron chi connectivity index (χ1n) is 6.98. The molecule has 1 atom stereocenters. The van der Waals surface area contributed by atoms with Gasteiger partial charge in [-0.25, -0.2) is 0 Å². The van der Waals surface area contributed by atoms with E-state index in [2.05, 4.69) is 23.5 Å². The van der Waals surface area contributed by atoms with Gasteiger partial charge in [-0.1, -0.05) is 26.0 Å². The van der Waals surface area contributed by atoms with Crippen LogP contribution >= 0.6 is 0 Å². The van der Waals surface area contributed by atoms with E-state index < -0.39 is 6.36 Å². The molecule has 0 amide bonds. The molecule has 1 aromatic rings. The van der Waals surface area contributed by atoms with Gasteiger partial charge in [-0.3, -0.25) is 4.90 Å². The van der Waals surface area contributed by atoms with E-state index in [4.69, 9.17) is 5.73 Å². The molecule has 1 heterocycles. The first kappa shape index (κ1) is 16.1. The van der Waals surface area contributed by atoms with Crippen LogP contribution in [-0.4, -0.2) is 30.4 Å². The molecular weight excluding hydrogens is 281 g/mol. The normalized spacial score (nSPS) is 23.0. The van der Waals surface area contributed by atoms with Crippen molar-refractivity contribution in [3.05, 3.63) is 29.8 Å². The van der Waals surface area contributed by atoms with Crippen molar-refractivity contribution in [2.24, 2.45) is 11.1 Å². The molecule has 0 bridgehead atoms. The van der Waals surface area contributed by atoms with Gasteiger partial charge < -0.3 is 10.5 Å². The second kappa shape index (κ2) is 5.85. The summed E-state index contributed by atoms with van der Waals surface area (Å²) in [7, 11) is 0. The highest BCUT2D eigenvalue weighted by atomic mass is 19.4. The summed E-state index contributed by atoms with van der Waals surface area (Å²) in [5, 5.41) is 0. The fraction of sp³-hybridized carbons (Fsp3) is 0.600. The van der Waals surface area contributed by atoms with E-state index in [0.717, 1.165) is 25.1 Å². The second-order valence-corrected chi connectivity index (χ2v) is 6.29. The number of rotatable bonds is 3. The molecule has 1 aromatic carbocycles. The van der Waals surface area contributed by atoms with Crippen molar-refractivity contribution in [2.45, 2.75) is 39.2 Å². The Bertz CT molecular complexity index is 488. The average molecular weight is 302 g/mol. The Labute approximate surface area is 122 Å². The maximum absolute atomic E-state index is 12.2. The molecule has 6 heteroatoms. The van der Waals surface area contributed by atoms with Gasteiger partial charge >= 0.3 is 6.36 Å². The van der Waals surface area contributed by atoms with E-state index in [9.17, 15) is 13.2 Å². The summed E-state index contributed by atoms with van der Waals surface area (Å²) in [6.07, 6.45) is -3.76. The van der Waals surface area contributed by atoms with E-state index in [0.29, 0.717) is 6.54 Å². The first-order chi connectivity index (χ1) is 9.66. The summed E-state index contributed by atoms with van der Waals surface area (Å²) in [6, 6.07) is 6.30. The highest BCUT2D eigenvalue weighted by molar-refractivity contribution is 5.28. The monoisotopic (exact) mass is 302 g/mol. The molecule has 1 aliphatic rings. The van der Waals surface area contributed by atoms with E-state index in [-0.39, 0.29) is 17.2 Å². The third kappa shape index (κ3) is 4.61. The highest BCUT2D eigenvalue weighted by Crippen LogP contribution is 2.29.